The third-order valence-electron chi connectivity index (χ3n) is 3.95. The number of rotatable bonds is 9. The van der Waals surface area contributed by atoms with E-state index in [9.17, 15) is 9.90 Å². The van der Waals surface area contributed by atoms with Crippen LogP contribution in [-0.2, 0) is 4.79 Å². The molecule has 1 rings (SSSR count). The number of amides is 1. The van der Waals surface area contributed by atoms with E-state index in [4.69, 9.17) is 4.74 Å². The van der Waals surface area contributed by atoms with E-state index in [1.165, 1.54) is 5.56 Å². The van der Waals surface area contributed by atoms with Crippen LogP contribution in [0.5, 0.6) is 5.75 Å². The van der Waals surface area contributed by atoms with Gasteiger partial charge in [0.15, 0.2) is 0 Å². The molecule has 5 nitrogen and oxygen atoms in total. The van der Waals surface area contributed by atoms with Gasteiger partial charge < -0.3 is 15.2 Å². The Morgan fingerprint density at radius 2 is 1.91 bits per heavy atom. The molecule has 130 valence electrons. The van der Waals surface area contributed by atoms with Gasteiger partial charge in [-0.25, -0.2) is 0 Å². The van der Waals surface area contributed by atoms with Crippen LogP contribution in [0.15, 0.2) is 12.1 Å². The molecule has 0 aliphatic heterocycles. The van der Waals surface area contributed by atoms with Crippen molar-refractivity contribution in [3.8, 4) is 5.75 Å². The number of hydrogen-bond acceptors (Lipinski definition) is 4. The van der Waals surface area contributed by atoms with Gasteiger partial charge in [-0.1, -0.05) is 19.1 Å². The normalized spacial score (nSPS) is 12.3. The first kappa shape index (κ1) is 19.5. The Morgan fingerprint density at radius 1 is 1.26 bits per heavy atom. The van der Waals surface area contributed by atoms with Crippen molar-refractivity contribution in [2.24, 2.45) is 0 Å². The molecular weight excluding hydrogens is 292 g/mol. The van der Waals surface area contributed by atoms with E-state index in [1.54, 1.807) is 0 Å². The Balaban J connectivity index is 2.54. The van der Waals surface area contributed by atoms with Crippen molar-refractivity contribution in [2.75, 3.05) is 32.8 Å². The lowest BCUT2D eigenvalue weighted by molar-refractivity contribution is -0.122. The Bertz CT molecular complexity index is 517. The molecule has 0 heterocycles. The molecule has 0 bridgehead atoms. The summed E-state index contributed by atoms with van der Waals surface area (Å²) in [5, 5.41) is 13.0. The minimum Gasteiger partial charge on any atom is -0.490 e. The molecule has 0 saturated carbocycles. The Morgan fingerprint density at radius 3 is 2.52 bits per heavy atom. The molecule has 1 unspecified atom stereocenters. The highest BCUT2D eigenvalue weighted by Crippen LogP contribution is 2.25. The highest BCUT2D eigenvalue weighted by molar-refractivity contribution is 5.77. The summed E-state index contributed by atoms with van der Waals surface area (Å²) < 4.78 is 5.83. The average molecular weight is 322 g/mol. The maximum absolute atomic E-state index is 11.6. The highest BCUT2D eigenvalue weighted by atomic mass is 16.5. The van der Waals surface area contributed by atoms with Crippen LogP contribution in [0.4, 0.5) is 0 Å². The first-order chi connectivity index (χ1) is 10.9. The number of carbonyl (C=O) groups is 1. The lowest BCUT2D eigenvalue weighted by atomic mass is 10.1. The fourth-order valence-corrected chi connectivity index (χ4v) is 2.44. The Labute approximate surface area is 139 Å². The predicted molar refractivity (Wildman–Crippen MR) is 93.0 cm³/mol. The van der Waals surface area contributed by atoms with Crippen LogP contribution in [0.1, 0.15) is 30.5 Å². The summed E-state index contributed by atoms with van der Waals surface area (Å²) >= 11 is 0. The summed E-state index contributed by atoms with van der Waals surface area (Å²) in [5.74, 6) is 0.823. The molecule has 2 N–H and O–H groups in total. The molecule has 1 aromatic carbocycles. The zero-order valence-corrected chi connectivity index (χ0v) is 15.0. The van der Waals surface area contributed by atoms with Gasteiger partial charge in [0.05, 0.1) is 6.54 Å². The van der Waals surface area contributed by atoms with Gasteiger partial charge in [0, 0.05) is 13.1 Å². The van der Waals surface area contributed by atoms with Gasteiger partial charge in [-0.05, 0) is 50.9 Å². The summed E-state index contributed by atoms with van der Waals surface area (Å²) in [6.45, 7) is 12.2. The first-order valence-electron chi connectivity index (χ1n) is 8.25. The summed E-state index contributed by atoms with van der Waals surface area (Å²) in [5.41, 5.74) is 3.34. The van der Waals surface area contributed by atoms with Crippen LogP contribution in [0.2, 0.25) is 0 Å². The lowest BCUT2D eigenvalue weighted by Gasteiger charge is -2.23. The van der Waals surface area contributed by atoms with Gasteiger partial charge in [0.1, 0.15) is 18.5 Å². The fraction of sp³-hybridized carbons (Fsp3) is 0.611. The summed E-state index contributed by atoms with van der Waals surface area (Å²) in [6, 6.07) is 4.09. The van der Waals surface area contributed by atoms with E-state index >= 15 is 0 Å². The minimum absolute atomic E-state index is 0.0205. The molecule has 0 aliphatic carbocycles. The van der Waals surface area contributed by atoms with Crippen molar-refractivity contribution in [3.63, 3.8) is 0 Å². The molecule has 0 saturated heterocycles. The second-order valence-electron chi connectivity index (χ2n) is 5.90. The zero-order chi connectivity index (χ0) is 17.4. The van der Waals surface area contributed by atoms with Crippen molar-refractivity contribution in [1.82, 2.24) is 10.2 Å². The Hall–Kier alpha value is -1.59. The number of nitrogens with zero attached hydrogens (tertiary/aromatic N) is 1. The predicted octanol–water partition coefficient (Wildman–Crippen LogP) is 1.81. The standard InChI is InChI=1S/C18H30N2O3/c1-6-19-17(22)11-20(7-2)10-16(21)12-23-18-14(4)9-8-13(3)15(18)5/h8-9,16,21H,6-7,10-12H2,1-5H3,(H,19,22). The van der Waals surface area contributed by atoms with Gasteiger partial charge in [-0.2, -0.15) is 0 Å². The summed E-state index contributed by atoms with van der Waals surface area (Å²) in [6.07, 6.45) is -0.635. The fourth-order valence-electron chi connectivity index (χ4n) is 2.44. The van der Waals surface area contributed by atoms with Crippen molar-refractivity contribution in [2.45, 2.75) is 40.7 Å². The molecule has 5 heteroatoms. The summed E-state index contributed by atoms with van der Waals surface area (Å²) in [4.78, 5) is 13.5. The zero-order valence-electron chi connectivity index (χ0n) is 15.0. The second kappa shape index (κ2) is 9.53. The van der Waals surface area contributed by atoms with Crippen molar-refractivity contribution >= 4 is 5.91 Å². The second-order valence-corrected chi connectivity index (χ2v) is 5.90. The molecule has 1 aromatic rings. The molecule has 23 heavy (non-hydrogen) atoms. The SMILES string of the molecule is CCNC(=O)CN(CC)CC(O)COc1c(C)ccc(C)c1C. The van der Waals surface area contributed by atoms with Crippen molar-refractivity contribution in [3.05, 3.63) is 28.8 Å². The number of aryl methyl sites for hydroxylation is 2. The molecule has 1 amide bonds. The number of ether oxygens (including phenoxy) is 1. The van der Waals surface area contributed by atoms with Crippen molar-refractivity contribution < 1.29 is 14.6 Å². The number of aliphatic hydroxyl groups excluding tert-OH is 1. The van der Waals surface area contributed by atoms with E-state index in [0.717, 1.165) is 16.9 Å². The van der Waals surface area contributed by atoms with Gasteiger partial charge >= 0.3 is 0 Å². The molecule has 0 aromatic heterocycles. The quantitative estimate of drug-likeness (QED) is 0.728. The molecule has 1 atom stereocenters. The summed E-state index contributed by atoms with van der Waals surface area (Å²) in [7, 11) is 0. The van der Waals surface area contributed by atoms with E-state index in [2.05, 4.69) is 11.4 Å². The number of hydrogen-bond donors (Lipinski definition) is 2. The van der Waals surface area contributed by atoms with Crippen LogP contribution in [0.3, 0.4) is 0 Å². The van der Waals surface area contributed by atoms with Gasteiger partial charge in [0.2, 0.25) is 5.91 Å². The number of likely N-dealkylation sites (N-methyl/N-ethyl adjacent to an activating group) is 2. The molecule has 0 aliphatic rings. The van der Waals surface area contributed by atoms with Gasteiger partial charge in [0.25, 0.3) is 0 Å². The minimum atomic E-state index is -0.635. The number of aliphatic hydroxyl groups is 1. The van der Waals surface area contributed by atoms with Gasteiger partial charge in [-0.15, -0.1) is 0 Å². The van der Waals surface area contributed by atoms with Crippen LogP contribution in [0, 0.1) is 20.8 Å². The maximum Gasteiger partial charge on any atom is 0.234 e. The molecule has 0 fully saturated rings. The van der Waals surface area contributed by atoms with E-state index in [-0.39, 0.29) is 12.5 Å². The average Bonchev–Trinajstić information content (AvgIpc) is 2.50. The van der Waals surface area contributed by atoms with Crippen LogP contribution < -0.4 is 10.1 Å². The van der Waals surface area contributed by atoms with E-state index < -0.39 is 6.10 Å². The molecular formula is C18H30N2O3. The van der Waals surface area contributed by atoms with Crippen molar-refractivity contribution in [1.29, 1.82) is 0 Å². The first-order valence-corrected chi connectivity index (χ1v) is 8.25. The Kier molecular flexibility index (Phi) is 8.06. The van der Waals surface area contributed by atoms with E-state index in [1.807, 2.05) is 45.6 Å². The largest absolute Gasteiger partial charge is 0.490 e. The topological polar surface area (TPSA) is 61.8 Å². The lowest BCUT2D eigenvalue weighted by Crippen LogP contribution is -2.42. The van der Waals surface area contributed by atoms with Crippen LogP contribution in [0.25, 0.3) is 0 Å². The third kappa shape index (κ3) is 6.20. The highest BCUT2D eigenvalue weighted by Gasteiger charge is 2.15. The number of nitrogens with one attached hydrogen (secondary N) is 1. The smallest absolute Gasteiger partial charge is 0.234 e. The number of benzene rings is 1. The molecule has 0 spiro atoms. The number of carbonyl (C=O) groups excluding carboxylic acids is 1. The molecule has 0 radical (unpaired) electrons. The monoisotopic (exact) mass is 322 g/mol. The maximum atomic E-state index is 11.6. The van der Waals surface area contributed by atoms with E-state index in [0.29, 0.717) is 26.2 Å². The van der Waals surface area contributed by atoms with Gasteiger partial charge in [-0.3, -0.25) is 9.69 Å². The van der Waals surface area contributed by atoms with Crippen LogP contribution >= 0.6 is 0 Å². The van der Waals surface area contributed by atoms with Crippen LogP contribution in [-0.4, -0.2) is 54.8 Å². The third-order valence-corrected chi connectivity index (χ3v) is 3.95.